The van der Waals surface area contributed by atoms with Crippen molar-refractivity contribution in [3.8, 4) is 0 Å². The highest BCUT2D eigenvalue weighted by Gasteiger charge is 2.57. The van der Waals surface area contributed by atoms with Crippen molar-refractivity contribution in [2.75, 3.05) is 0 Å². The van der Waals surface area contributed by atoms with Crippen LogP contribution < -0.4 is 5.48 Å². The van der Waals surface area contributed by atoms with Crippen molar-refractivity contribution in [2.24, 2.45) is 5.11 Å². The van der Waals surface area contributed by atoms with Gasteiger partial charge < -0.3 is 5.11 Å². The minimum atomic E-state index is -4.94. The number of aliphatic hydroxyl groups is 1. The molecule has 1 aliphatic rings. The van der Waals surface area contributed by atoms with Gasteiger partial charge in [-0.05, 0) is 16.7 Å². The molecule has 0 aliphatic carbocycles. The fraction of sp³-hybridized carbons (Fsp3) is 0.273. The first kappa shape index (κ1) is 14.2. The van der Waals surface area contributed by atoms with Crippen molar-refractivity contribution >= 4 is 5.70 Å². The van der Waals surface area contributed by atoms with Gasteiger partial charge in [0.2, 0.25) is 0 Å². The molecule has 0 saturated carbocycles. The molecule has 6 nitrogen and oxygen atoms in total. The van der Waals surface area contributed by atoms with Gasteiger partial charge in [-0.25, -0.2) is 4.84 Å². The zero-order valence-electron chi connectivity index (χ0n) is 9.92. The van der Waals surface area contributed by atoms with E-state index in [2.05, 4.69) is 14.9 Å². The molecule has 106 valence electrons. The van der Waals surface area contributed by atoms with Crippen LogP contribution in [0.2, 0.25) is 0 Å². The van der Waals surface area contributed by atoms with E-state index in [1.807, 2.05) is 5.48 Å². The highest BCUT2D eigenvalue weighted by atomic mass is 19.4. The van der Waals surface area contributed by atoms with E-state index in [0.29, 0.717) is 17.2 Å². The molecule has 1 aromatic carbocycles. The number of benzene rings is 1. The summed E-state index contributed by atoms with van der Waals surface area (Å²) in [5.41, 5.74) is 11.3. The molecular formula is C11H9F3N4O2. The third-order valence-electron chi connectivity index (χ3n) is 2.64. The Hall–Kier alpha value is -2.22. The van der Waals surface area contributed by atoms with E-state index in [-0.39, 0.29) is 12.2 Å². The van der Waals surface area contributed by atoms with E-state index >= 15 is 0 Å². The normalized spacial score (nSPS) is 21.9. The second-order valence-corrected chi connectivity index (χ2v) is 4.04. The van der Waals surface area contributed by atoms with Gasteiger partial charge in [-0.1, -0.05) is 29.4 Å². The number of rotatable bonds is 3. The largest absolute Gasteiger partial charge is 0.449 e. The van der Waals surface area contributed by atoms with Crippen molar-refractivity contribution in [1.29, 1.82) is 0 Å². The van der Waals surface area contributed by atoms with Gasteiger partial charge in [-0.2, -0.15) is 13.2 Å². The van der Waals surface area contributed by atoms with Crippen molar-refractivity contribution in [2.45, 2.75) is 18.5 Å². The number of azide groups is 1. The van der Waals surface area contributed by atoms with Crippen molar-refractivity contribution in [3.05, 3.63) is 51.9 Å². The summed E-state index contributed by atoms with van der Waals surface area (Å²) in [6, 6.07) is 6.23. The molecule has 1 unspecified atom stereocenters. The van der Waals surface area contributed by atoms with E-state index in [0.717, 1.165) is 0 Å². The quantitative estimate of drug-likeness (QED) is 0.508. The summed E-state index contributed by atoms with van der Waals surface area (Å²) in [5, 5.41) is 12.7. The first-order chi connectivity index (χ1) is 9.36. The highest BCUT2D eigenvalue weighted by Crippen LogP contribution is 2.37. The van der Waals surface area contributed by atoms with Crippen molar-refractivity contribution in [1.82, 2.24) is 5.48 Å². The molecule has 1 heterocycles. The van der Waals surface area contributed by atoms with E-state index < -0.39 is 12.0 Å². The Balaban J connectivity index is 2.21. The second-order valence-electron chi connectivity index (χ2n) is 4.04. The summed E-state index contributed by atoms with van der Waals surface area (Å²) >= 11 is 0. The van der Waals surface area contributed by atoms with Crippen LogP contribution in [0.15, 0.2) is 35.5 Å². The number of nitrogens with zero attached hydrogens (tertiary/aromatic N) is 3. The summed E-state index contributed by atoms with van der Waals surface area (Å²) < 4.78 is 37.6. The number of hydrogen-bond donors (Lipinski definition) is 2. The van der Waals surface area contributed by atoms with Crippen LogP contribution in [-0.4, -0.2) is 17.1 Å². The van der Waals surface area contributed by atoms with Crippen LogP contribution >= 0.6 is 0 Å². The van der Waals surface area contributed by atoms with E-state index in [1.54, 1.807) is 12.1 Å². The first-order valence-corrected chi connectivity index (χ1v) is 5.42. The Bertz CT molecular complexity index is 578. The Labute approximate surface area is 111 Å². The molecule has 0 saturated heterocycles. The lowest BCUT2D eigenvalue weighted by Crippen LogP contribution is -2.45. The lowest BCUT2D eigenvalue weighted by atomic mass is 10.1. The molecule has 9 heteroatoms. The summed E-state index contributed by atoms with van der Waals surface area (Å²) in [6.45, 7) is 0.145. The Morgan fingerprint density at radius 1 is 1.35 bits per heavy atom. The molecule has 0 radical (unpaired) electrons. The van der Waals surface area contributed by atoms with E-state index in [4.69, 9.17) is 5.53 Å². The van der Waals surface area contributed by atoms with Crippen LogP contribution in [0.5, 0.6) is 0 Å². The molecule has 0 spiro atoms. The molecule has 2 rings (SSSR count). The SMILES string of the molecule is [N-]=[N+]=NCc1ccc(C2=CC(O)(C(F)(F)F)ON2)cc1. The van der Waals surface area contributed by atoms with Gasteiger partial charge in [0.25, 0.3) is 0 Å². The molecule has 0 amide bonds. The maximum Gasteiger partial charge on any atom is 0.449 e. The van der Waals surface area contributed by atoms with Crippen LogP contribution in [0, 0.1) is 0 Å². The van der Waals surface area contributed by atoms with Gasteiger partial charge in [0.1, 0.15) is 0 Å². The molecule has 1 aromatic rings. The fourth-order valence-corrected chi connectivity index (χ4v) is 1.57. The summed E-state index contributed by atoms with van der Waals surface area (Å²) in [4.78, 5) is 6.79. The smallest absolute Gasteiger partial charge is 0.354 e. The summed E-state index contributed by atoms with van der Waals surface area (Å²) in [5.74, 6) is -3.34. The van der Waals surface area contributed by atoms with Crippen LogP contribution in [0.25, 0.3) is 16.1 Å². The third kappa shape index (κ3) is 2.69. The molecule has 2 N–H and O–H groups in total. The minimum absolute atomic E-state index is 0.000148. The molecule has 0 fully saturated rings. The van der Waals surface area contributed by atoms with Crippen LogP contribution in [0.3, 0.4) is 0 Å². The number of halogens is 3. The van der Waals surface area contributed by atoms with Crippen molar-refractivity contribution < 1.29 is 23.1 Å². The molecule has 0 bridgehead atoms. The highest BCUT2D eigenvalue weighted by molar-refractivity contribution is 5.65. The van der Waals surface area contributed by atoms with Crippen LogP contribution in [0.4, 0.5) is 13.2 Å². The van der Waals surface area contributed by atoms with E-state index in [9.17, 15) is 18.3 Å². The summed E-state index contributed by atoms with van der Waals surface area (Å²) in [7, 11) is 0. The monoisotopic (exact) mass is 286 g/mol. The summed E-state index contributed by atoms with van der Waals surface area (Å²) in [6.07, 6.45) is -4.39. The fourth-order valence-electron chi connectivity index (χ4n) is 1.57. The minimum Gasteiger partial charge on any atom is -0.354 e. The van der Waals surface area contributed by atoms with Gasteiger partial charge in [0.05, 0.1) is 12.2 Å². The van der Waals surface area contributed by atoms with Gasteiger partial charge in [-0.3, -0.25) is 5.48 Å². The standard InChI is InChI=1S/C11H9F3N4O2/c12-11(13,14)10(19)5-9(17-20-10)8-3-1-7(2-4-8)6-16-18-15/h1-5,17,19H,6H2. The molecule has 1 aliphatic heterocycles. The molecular weight excluding hydrogens is 277 g/mol. The van der Waals surface area contributed by atoms with E-state index in [1.165, 1.54) is 12.1 Å². The lowest BCUT2D eigenvalue weighted by Gasteiger charge is -2.21. The number of hydrogen-bond acceptors (Lipinski definition) is 4. The number of alkyl halides is 3. The molecule has 20 heavy (non-hydrogen) atoms. The predicted octanol–water partition coefficient (Wildman–Crippen LogP) is 2.62. The van der Waals surface area contributed by atoms with Crippen LogP contribution in [-0.2, 0) is 11.4 Å². The average molecular weight is 286 g/mol. The zero-order valence-corrected chi connectivity index (χ0v) is 9.92. The van der Waals surface area contributed by atoms with Gasteiger partial charge in [0, 0.05) is 11.0 Å². The first-order valence-electron chi connectivity index (χ1n) is 5.42. The zero-order chi connectivity index (χ0) is 14.8. The van der Waals surface area contributed by atoms with Gasteiger partial charge in [-0.15, -0.1) is 0 Å². The van der Waals surface area contributed by atoms with Gasteiger partial charge in [0.15, 0.2) is 0 Å². The lowest BCUT2D eigenvalue weighted by molar-refractivity contribution is -0.345. The van der Waals surface area contributed by atoms with Crippen molar-refractivity contribution in [3.63, 3.8) is 0 Å². The topological polar surface area (TPSA) is 90.3 Å². The second kappa shape index (κ2) is 5.04. The number of nitrogens with one attached hydrogen (secondary N) is 1. The Morgan fingerprint density at radius 3 is 2.50 bits per heavy atom. The Morgan fingerprint density at radius 2 is 2.00 bits per heavy atom. The third-order valence-corrected chi connectivity index (χ3v) is 2.64. The maximum atomic E-state index is 12.5. The average Bonchev–Trinajstić information content (AvgIpc) is 2.80. The maximum absolute atomic E-state index is 12.5. The van der Waals surface area contributed by atoms with Gasteiger partial charge >= 0.3 is 12.0 Å². The number of hydroxylamine groups is 1. The molecule has 0 aromatic heterocycles. The Kier molecular flexibility index (Phi) is 3.58. The van der Waals surface area contributed by atoms with Crippen LogP contribution in [0.1, 0.15) is 11.1 Å². The molecule has 1 atom stereocenters. The predicted molar refractivity (Wildman–Crippen MR) is 62.5 cm³/mol.